The molecule has 1 rings (SSSR count). The van der Waals surface area contributed by atoms with Gasteiger partial charge in [0.25, 0.3) is 0 Å². The van der Waals surface area contributed by atoms with Crippen molar-refractivity contribution in [3.63, 3.8) is 0 Å². The van der Waals surface area contributed by atoms with E-state index in [0.717, 1.165) is 25.9 Å². The van der Waals surface area contributed by atoms with Gasteiger partial charge in [-0.25, -0.2) is 0 Å². The molecule has 0 aliphatic heterocycles. The van der Waals surface area contributed by atoms with Crippen molar-refractivity contribution in [2.45, 2.75) is 38.4 Å². The van der Waals surface area contributed by atoms with Crippen LogP contribution in [-0.4, -0.2) is 23.9 Å². The summed E-state index contributed by atoms with van der Waals surface area (Å²) in [4.78, 5) is 0. The summed E-state index contributed by atoms with van der Waals surface area (Å²) in [5.74, 6) is 0. The zero-order valence-corrected chi connectivity index (χ0v) is 5.84. The Bertz CT molecular complexity index is 83.0. The van der Waals surface area contributed by atoms with Crippen molar-refractivity contribution in [3.05, 3.63) is 0 Å². The van der Waals surface area contributed by atoms with Gasteiger partial charge in [-0.05, 0) is 19.3 Å². The van der Waals surface area contributed by atoms with Crippen molar-refractivity contribution in [1.29, 1.82) is 0 Å². The third kappa shape index (κ3) is 1.66. The highest BCUT2D eigenvalue weighted by Crippen LogP contribution is 2.22. The van der Waals surface area contributed by atoms with Crippen LogP contribution in [-0.2, 0) is 4.74 Å². The zero-order valence-electron chi connectivity index (χ0n) is 5.84. The Hall–Kier alpha value is -0.0800. The second-order valence-electron chi connectivity index (χ2n) is 2.55. The zero-order chi connectivity index (χ0) is 6.69. The molecule has 0 aromatic heterocycles. The Balaban J connectivity index is 1.99. The lowest BCUT2D eigenvalue weighted by Gasteiger charge is -2.31. The fraction of sp³-hybridized carbons (Fsp3) is 1.00. The van der Waals surface area contributed by atoms with E-state index >= 15 is 0 Å². The second-order valence-corrected chi connectivity index (χ2v) is 2.55. The van der Waals surface area contributed by atoms with Crippen LogP contribution < -0.4 is 0 Å². The van der Waals surface area contributed by atoms with Gasteiger partial charge in [0.05, 0.1) is 12.2 Å². The lowest BCUT2D eigenvalue weighted by Crippen LogP contribution is -2.38. The Kier molecular flexibility index (Phi) is 2.49. The summed E-state index contributed by atoms with van der Waals surface area (Å²) in [5.41, 5.74) is 0. The molecule has 0 bridgehead atoms. The molecule has 1 aliphatic rings. The van der Waals surface area contributed by atoms with Gasteiger partial charge in [-0.3, -0.25) is 0 Å². The number of hydrogen-bond acceptors (Lipinski definition) is 2. The highest BCUT2D eigenvalue weighted by Gasteiger charge is 2.28. The summed E-state index contributed by atoms with van der Waals surface area (Å²) in [5, 5.41) is 9.01. The maximum Gasteiger partial charge on any atom is 0.0834 e. The smallest absolute Gasteiger partial charge is 0.0834 e. The quantitative estimate of drug-likeness (QED) is 0.616. The van der Waals surface area contributed by atoms with E-state index in [0.29, 0.717) is 0 Å². The highest BCUT2D eigenvalue weighted by atomic mass is 16.5. The maximum absolute atomic E-state index is 9.01. The Morgan fingerprint density at radius 2 is 2.33 bits per heavy atom. The molecule has 0 heterocycles. The van der Waals surface area contributed by atoms with Crippen LogP contribution in [0.2, 0.25) is 0 Å². The van der Waals surface area contributed by atoms with E-state index in [-0.39, 0.29) is 12.2 Å². The van der Waals surface area contributed by atoms with Gasteiger partial charge < -0.3 is 9.84 Å². The van der Waals surface area contributed by atoms with E-state index in [9.17, 15) is 0 Å². The number of hydrogen-bond donors (Lipinski definition) is 1. The molecule has 2 heteroatoms. The van der Waals surface area contributed by atoms with E-state index in [1.807, 2.05) is 0 Å². The molecule has 0 unspecified atom stereocenters. The first kappa shape index (κ1) is 7.03. The summed E-state index contributed by atoms with van der Waals surface area (Å²) < 4.78 is 5.29. The van der Waals surface area contributed by atoms with Crippen molar-refractivity contribution >= 4 is 0 Å². The van der Waals surface area contributed by atoms with Crippen LogP contribution >= 0.6 is 0 Å². The summed E-state index contributed by atoms with van der Waals surface area (Å²) >= 11 is 0. The molecule has 0 saturated heterocycles. The number of aliphatic hydroxyl groups excluding tert-OH is 1. The number of ether oxygens (including phenoxy) is 1. The van der Waals surface area contributed by atoms with Gasteiger partial charge in [0.2, 0.25) is 0 Å². The molecule has 54 valence electrons. The Labute approximate surface area is 55.8 Å². The molecule has 1 saturated carbocycles. The first-order valence-electron chi connectivity index (χ1n) is 3.64. The van der Waals surface area contributed by atoms with E-state index < -0.39 is 0 Å². The molecule has 1 N–H and O–H groups in total. The number of aliphatic hydroxyl groups is 1. The SMILES string of the molecule is CCCO[C@@H]1CC[C@H]1O. The van der Waals surface area contributed by atoms with Crippen LogP contribution in [0, 0.1) is 0 Å². The highest BCUT2D eigenvalue weighted by molar-refractivity contribution is 4.80. The minimum Gasteiger partial charge on any atom is -0.390 e. The third-order valence-corrected chi connectivity index (χ3v) is 1.71. The van der Waals surface area contributed by atoms with Crippen molar-refractivity contribution in [2.75, 3.05) is 6.61 Å². The minimum absolute atomic E-state index is 0.157. The van der Waals surface area contributed by atoms with Crippen molar-refractivity contribution in [3.8, 4) is 0 Å². The average molecular weight is 130 g/mol. The lowest BCUT2D eigenvalue weighted by molar-refractivity contribution is -0.0956. The summed E-state index contributed by atoms with van der Waals surface area (Å²) in [6.07, 6.45) is 3.00. The van der Waals surface area contributed by atoms with Gasteiger partial charge >= 0.3 is 0 Å². The predicted molar refractivity (Wildman–Crippen MR) is 35.3 cm³/mol. The molecule has 1 aliphatic carbocycles. The average Bonchev–Trinajstić information content (AvgIpc) is 1.86. The fourth-order valence-electron chi connectivity index (χ4n) is 0.915. The molecule has 0 amide bonds. The van der Waals surface area contributed by atoms with Gasteiger partial charge in [-0.1, -0.05) is 6.92 Å². The van der Waals surface area contributed by atoms with Crippen molar-refractivity contribution in [1.82, 2.24) is 0 Å². The van der Waals surface area contributed by atoms with Gasteiger partial charge in [0.1, 0.15) is 0 Å². The topological polar surface area (TPSA) is 29.5 Å². The summed E-state index contributed by atoms with van der Waals surface area (Å²) in [7, 11) is 0. The molecule has 0 aromatic carbocycles. The minimum atomic E-state index is -0.170. The largest absolute Gasteiger partial charge is 0.390 e. The molecule has 2 atom stereocenters. The molecule has 0 spiro atoms. The molecular weight excluding hydrogens is 116 g/mol. The van der Waals surface area contributed by atoms with Crippen LogP contribution in [0.4, 0.5) is 0 Å². The van der Waals surface area contributed by atoms with E-state index in [1.54, 1.807) is 0 Å². The van der Waals surface area contributed by atoms with Gasteiger partial charge in [0.15, 0.2) is 0 Å². The van der Waals surface area contributed by atoms with E-state index in [1.165, 1.54) is 0 Å². The van der Waals surface area contributed by atoms with Crippen LogP contribution in [0.1, 0.15) is 26.2 Å². The van der Waals surface area contributed by atoms with Gasteiger partial charge in [-0.2, -0.15) is 0 Å². The standard InChI is InChI=1S/C7H14O2/c1-2-5-9-7-4-3-6(7)8/h6-8H,2-5H2,1H3/t6-,7-/m1/s1. The molecule has 1 fully saturated rings. The summed E-state index contributed by atoms with van der Waals surface area (Å²) in [6.45, 7) is 2.87. The predicted octanol–water partition coefficient (Wildman–Crippen LogP) is 0.936. The normalized spacial score (nSPS) is 34.0. The molecule has 2 nitrogen and oxygen atoms in total. The van der Waals surface area contributed by atoms with Crippen LogP contribution in [0.3, 0.4) is 0 Å². The van der Waals surface area contributed by atoms with Crippen molar-refractivity contribution in [2.24, 2.45) is 0 Å². The van der Waals surface area contributed by atoms with Gasteiger partial charge in [-0.15, -0.1) is 0 Å². The fourth-order valence-corrected chi connectivity index (χ4v) is 0.915. The van der Waals surface area contributed by atoms with Gasteiger partial charge in [0, 0.05) is 6.61 Å². The third-order valence-electron chi connectivity index (χ3n) is 1.71. The maximum atomic E-state index is 9.01. The second kappa shape index (κ2) is 3.18. The van der Waals surface area contributed by atoms with E-state index in [4.69, 9.17) is 9.84 Å². The van der Waals surface area contributed by atoms with Crippen LogP contribution in [0.5, 0.6) is 0 Å². The first-order valence-corrected chi connectivity index (χ1v) is 3.64. The monoisotopic (exact) mass is 130 g/mol. The Morgan fingerprint density at radius 3 is 2.67 bits per heavy atom. The van der Waals surface area contributed by atoms with E-state index in [2.05, 4.69) is 6.92 Å². The van der Waals surface area contributed by atoms with Crippen LogP contribution in [0.15, 0.2) is 0 Å². The number of rotatable bonds is 3. The van der Waals surface area contributed by atoms with Crippen LogP contribution in [0.25, 0.3) is 0 Å². The molecule has 0 radical (unpaired) electrons. The molecule has 0 aromatic rings. The summed E-state index contributed by atoms with van der Waals surface area (Å²) in [6, 6.07) is 0. The van der Waals surface area contributed by atoms with Crippen molar-refractivity contribution < 1.29 is 9.84 Å². The lowest BCUT2D eigenvalue weighted by atomic mass is 9.92. The molecular formula is C7H14O2. The molecule has 9 heavy (non-hydrogen) atoms. The first-order chi connectivity index (χ1) is 4.34. The Morgan fingerprint density at radius 1 is 1.56 bits per heavy atom.